The van der Waals surface area contributed by atoms with Crippen LogP contribution in [0.25, 0.3) is 12.2 Å². The lowest BCUT2D eigenvalue weighted by Crippen LogP contribution is -2.31. The number of allylic oxidation sites excluding steroid dienone is 1. The Morgan fingerprint density at radius 1 is 0.714 bits per heavy atom. The zero-order valence-corrected chi connectivity index (χ0v) is 40.9. The molecule has 5 rings (SSSR count). The molecule has 0 atom stereocenters. The number of nitrogens with two attached hydrogens (primary N) is 4. The summed E-state index contributed by atoms with van der Waals surface area (Å²) in [4.78, 5) is 3.74. The molecule has 1 aromatic heterocycles. The molecule has 0 saturated heterocycles. The fourth-order valence-electron chi connectivity index (χ4n) is 5.59. The Morgan fingerprint density at radius 3 is 1.40 bits per heavy atom. The second-order valence-corrected chi connectivity index (χ2v) is 19.4. The van der Waals surface area contributed by atoms with Crippen molar-refractivity contribution in [3.63, 3.8) is 0 Å². The first kappa shape index (κ1) is 60.1. The number of amidine groups is 1. The Kier molecular flexibility index (Phi) is 24.6. The molecule has 0 aliphatic rings. The molecule has 23 heteroatoms. The number of likely N-dealkylation sites (N-methyl/N-ethyl adjacent to an activating group) is 2. The van der Waals surface area contributed by atoms with Crippen molar-refractivity contribution in [3.8, 4) is 23.0 Å². The van der Waals surface area contributed by atoms with Crippen molar-refractivity contribution >= 4 is 38.0 Å². The van der Waals surface area contributed by atoms with Crippen molar-refractivity contribution in [2.75, 3.05) is 60.9 Å². The van der Waals surface area contributed by atoms with Crippen LogP contribution in [0.4, 0.5) is 17.6 Å². The van der Waals surface area contributed by atoms with E-state index in [1.807, 2.05) is 38.0 Å². The third-order valence-corrected chi connectivity index (χ3v) is 12.2. The van der Waals surface area contributed by atoms with Crippen molar-refractivity contribution in [2.24, 2.45) is 22.9 Å². The molecule has 384 valence electrons. The van der Waals surface area contributed by atoms with E-state index < -0.39 is 61.1 Å². The van der Waals surface area contributed by atoms with E-state index in [0.29, 0.717) is 37.1 Å². The number of nitrogens with one attached hydrogen (secondary N) is 3. The molecule has 0 fully saturated rings. The monoisotopic (exact) mass is 1020 g/mol. The fraction of sp³-hybridized carbons (Fsp3) is 0.319. The second kappa shape index (κ2) is 28.6. The molecule has 0 saturated carbocycles. The largest absolute Gasteiger partial charge is 0.451 e. The van der Waals surface area contributed by atoms with Gasteiger partial charge in [-0.05, 0) is 138 Å². The van der Waals surface area contributed by atoms with Gasteiger partial charge >= 0.3 is 0 Å². The van der Waals surface area contributed by atoms with Crippen LogP contribution in [-0.4, -0.2) is 103 Å². The van der Waals surface area contributed by atoms with E-state index in [9.17, 15) is 34.4 Å². The lowest BCUT2D eigenvalue weighted by molar-refractivity contribution is 0.407. The molecule has 0 aliphatic carbocycles. The highest BCUT2D eigenvalue weighted by Crippen LogP contribution is 2.32. The molecule has 0 bridgehead atoms. The Morgan fingerprint density at radius 2 is 1.10 bits per heavy atom. The van der Waals surface area contributed by atoms with E-state index in [0.717, 1.165) is 35.4 Å². The molecule has 0 amide bonds. The molecule has 11 N–H and O–H groups in total. The van der Waals surface area contributed by atoms with Crippen molar-refractivity contribution in [3.05, 3.63) is 137 Å². The molecule has 70 heavy (non-hydrogen) atoms. The fourth-order valence-corrected chi connectivity index (χ4v) is 7.64. The van der Waals surface area contributed by atoms with Gasteiger partial charge in [-0.2, -0.15) is 5.10 Å². The summed E-state index contributed by atoms with van der Waals surface area (Å²) in [7, 11) is -0.0462. The average Bonchev–Trinajstić information content (AvgIpc) is 3.82. The van der Waals surface area contributed by atoms with Gasteiger partial charge in [0.25, 0.3) is 0 Å². The number of halogens is 4. The van der Waals surface area contributed by atoms with Crippen LogP contribution in [0.3, 0.4) is 0 Å². The van der Waals surface area contributed by atoms with Gasteiger partial charge in [0.05, 0.1) is 15.6 Å². The number of ether oxygens (including phenoxy) is 2. The highest BCUT2D eigenvalue weighted by Gasteiger charge is 2.18. The van der Waals surface area contributed by atoms with Crippen LogP contribution in [0.5, 0.6) is 23.0 Å². The summed E-state index contributed by atoms with van der Waals surface area (Å²) in [5.74, 6) is -4.42. The lowest BCUT2D eigenvalue weighted by atomic mass is 10.1. The highest BCUT2D eigenvalue weighted by atomic mass is 32.2. The second-order valence-electron chi connectivity index (χ2n) is 15.9. The normalized spacial score (nSPS) is 11.9. The Bertz CT molecular complexity index is 2680. The van der Waals surface area contributed by atoms with Crippen LogP contribution in [0.2, 0.25) is 0 Å². The van der Waals surface area contributed by atoms with Gasteiger partial charge in [0.1, 0.15) is 17.8 Å². The molecule has 0 radical (unpaired) electrons. The van der Waals surface area contributed by atoms with Crippen LogP contribution in [-0.2, 0) is 20.0 Å². The zero-order valence-electron chi connectivity index (χ0n) is 39.2. The van der Waals surface area contributed by atoms with Gasteiger partial charge in [-0.3, -0.25) is 16.9 Å². The number of nitrogens with zero attached hydrogens (tertiary/aromatic N) is 4. The maximum absolute atomic E-state index is 14.5. The van der Waals surface area contributed by atoms with Crippen LogP contribution in [0, 0.1) is 28.7 Å². The zero-order chi connectivity index (χ0) is 51.5. The first-order chi connectivity index (χ1) is 32.4. The predicted octanol–water partition coefficient (Wildman–Crippen LogP) is 6.57. The molecule has 0 unspecified atom stereocenters. The number of hydrogen-bond donors (Lipinski definition) is 7. The summed E-state index contributed by atoms with van der Waals surface area (Å²) >= 11 is 0. The number of aromatic nitrogens is 2. The van der Waals surface area contributed by atoms with Gasteiger partial charge < -0.3 is 30.7 Å². The SMILES string of the molecule is C.C/C(=C\c1cc(F)c(Oc2ccc(S(=O)(=O)NCCN(C)C)cc2)c(F)c1)CCC(=N)N.C/C(=C\c1cc(F)c(Oc2ccc(S(=O)(=O)NCCN(C)C)cc2)c(F)c1)CN.NC(N)n1cccn1. The first-order valence-electron chi connectivity index (χ1n) is 21.1. The van der Waals surface area contributed by atoms with E-state index in [1.54, 1.807) is 44.5 Å². The minimum absolute atomic E-state index is 0. The van der Waals surface area contributed by atoms with E-state index in [2.05, 4.69) is 14.5 Å². The summed E-state index contributed by atoms with van der Waals surface area (Å²) < 4.78 is 124. The molecule has 0 spiro atoms. The van der Waals surface area contributed by atoms with E-state index in [1.165, 1.54) is 53.2 Å². The molecule has 0 aliphatic heterocycles. The number of benzene rings is 4. The van der Waals surface area contributed by atoms with Crippen molar-refractivity contribution in [2.45, 2.75) is 50.2 Å². The predicted molar refractivity (Wildman–Crippen MR) is 267 cm³/mol. The molecular formula is C47H65F4N11O6S2. The lowest BCUT2D eigenvalue weighted by Gasteiger charge is -2.12. The maximum Gasteiger partial charge on any atom is 0.240 e. The van der Waals surface area contributed by atoms with Crippen LogP contribution in [0.1, 0.15) is 51.5 Å². The highest BCUT2D eigenvalue weighted by molar-refractivity contribution is 7.89. The van der Waals surface area contributed by atoms with Gasteiger partial charge in [-0.1, -0.05) is 30.7 Å². The summed E-state index contributed by atoms with van der Waals surface area (Å²) in [6.45, 7) is 5.42. The molecular weight excluding hydrogens is 955 g/mol. The minimum atomic E-state index is -3.70. The average molecular weight is 1020 g/mol. The third-order valence-electron chi connectivity index (χ3n) is 9.22. The molecule has 5 aromatic rings. The van der Waals surface area contributed by atoms with Crippen LogP contribution >= 0.6 is 0 Å². The van der Waals surface area contributed by atoms with Crippen molar-refractivity contribution < 1.29 is 43.9 Å². The first-order valence-corrected chi connectivity index (χ1v) is 24.1. The van der Waals surface area contributed by atoms with Gasteiger partial charge in [0.15, 0.2) is 34.8 Å². The van der Waals surface area contributed by atoms with Gasteiger partial charge in [-0.25, -0.2) is 48.5 Å². The topological polar surface area (TPSA) is 263 Å². The summed E-state index contributed by atoms with van der Waals surface area (Å²) in [6, 6.07) is 16.9. The van der Waals surface area contributed by atoms with E-state index >= 15 is 0 Å². The molecule has 1 heterocycles. The summed E-state index contributed by atoms with van der Waals surface area (Å²) in [5, 5.41) is 11.0. The smallest absolute Gasteiger partial charge is 0.240 e. The third kappa shape index (κ3) is 20.5. The van der Waals surface area contributed by atoms with Crippen LogP contribution < -0.4 is 41.9 Å². The number of sulfonamides is 2. The summed E-state index contributed by atoms with van der Waals surface area (Å²) in [5.41, 5.74) is 23.5. The van der Waals surface area contributed by atoms with E-state index in [-0.39, 0.29) is 54.2 Å². The van der Waals surface area contributed by atoms with Gasteiger partial charge in [0.2, 0.25) is 20.0 Å². The van der Waals surface area contributed by atoms with Crippen LogP contribution in [0.15, 0.2) is 112 Å². The minimum Gasteiger partial charge on any atom is -0.451 e. The Labute approximate surface area is 408 Å². The van der Waals surface area contributed by atoms with Gasteiger partial charge in [-0.15, -0.1) is 0 Å². The van der Waals surface area contributed by atoms with Crippen molar-refractivity contribution in [1.29, 1.82) is 5.41 Å². The number of hydrogen-bond acceptors (Lipinski definition) is 13. The van der Waals surface area contributed by atoms with E-state index in [4.69, 9.17) is 37.8 Å². The molecule has 4 aromatic carbocycles. The Balaban J connectivity index is 0.000000409. The quantitative estimate of drug-likeness (QED) is 0.0178. The standard InChI is InChI=1S/C22H28F2N4O3S.C20H25F2N3O3S.C4H8N4.CH4/c1-15(4-9-21(25)26)12-16-13-19(23)22(20(24)14-16)31-17-5-7-18(8-6-17)32(29,30)27-10-11-28(2)3;1-14(13-23)10-15-11-18(21)20(19(22)12-15)28-16-4-6-17(7-5-16)29(26,27)24-8-9-25(2)3;5-4(6)8-3-1-2-7-8;/h5-8,12-14,27H,4,9-11H2,1-3H3,(H3,25,26);4-7,10-12,24H,8-9,13,23H2,1-3H3;1-4H,5-6H2;1H4/b15-12+;14-10+;;. The molecule has 17 nitrogen and oxygen atoms in total. The van der Waals surface area contributed by atoms with Crippen molar-refractivity contribution in [1.82, 2.24) is 29.0 Å². The Hall–Kier alpha value is -6.02. The van der Waals surface area contributed by atoms with Gasteiger partial charge in [0, 0.05) is 51.5 Å². The summed E-state index contributed by atoms with van der Waals surface area (Å²) in [6.07, 6.45) is 6.91. The maximum atomic E-state index is 14.5. The number of rotatable bonds is 21.